The summed E-state index contributed by atoms with van der Waals surface area (Å²) in [6.07, 6.45) is -4.37. The van der Waals surface area contributed by atoms with Crippen LogP contribution in [0.3, 0.4) is 0 Å². The van der Waals surface area contributed by atoms with Crippen LogP contribution in [0.4, 0.5) is 18.9 Å². The number of hydrogen-bond acceptors (Lipinski definition) is 1. The number of benzene rings is 1. The standard InChI is InChI=1S/C8H7F3N/c1-5-6(8(9,10)11)3-2-4-7(5)12/h2-4H,1,12H2. The highest BCUT2D eigenvalue weighted by Crippen LogP contribution is 2.33. The lowest BCUT2D eigenvalue weighted by Crippen LogP contribution is -2.08. The molecule has 0 atom stereocenters. The molecule has 65 valence electrons. The quantitative estimate of drug-likeness (QED) is 0.600. The van der Waals surface area contributed by atoms with E-state index in [1.54, 1.807) is 0 Å². The van der Waals surface area contributed by atoms with E-state index in [4.69, 9.17) is 5.73 Å². The first-order chi connectivity index (χ1) is 5.43. The highest BCUT2D eigenvalue weighted by atomic mass is 19.4. The van der Waals surface area contributed by atoms with Gasteiger partial charge in [-0.05, 0) is 24.6 Å². The third-order valence-corrected chi connectivity index (χ3v) is 1.52. The number of nitrogens with two attached hydrogens (primary N) is 1. The molecule has 0 amide bonds. The zero-order valence-corrected chi connectivity index (χ0v) is 6.15. The highest BCUT2D eigenvalue weighted by molar-refractivity contribution is 5.53. The highest BCUT2D eigenvalue weighted by Gasteiger charge is 2.32. The normalized spacial score (nSPS) is 11.7. The zero-order chi connectivity index (χ0) is 9.35. The van der Waals surface area contributed by atoms with Crippen LogP contribution in [-0.4, -0.2) is 0 Å². The van der Waals surface area contributed by atoms with Gasteiger partial charge in [-0.25, -0.2) is 0 Å². The lowest BCUT2D eigenvalue weighted by molar-refractivity contribution is -0.137. The number of nitrogen functional groups attached to an aromatic ring is 1. The molecule has 0 unspecified atom stereocenters. The summed E-state index contributed by atoms with van der Waals surface area (Å²) in [4.78, 5) is 0. The molecule has 0 saturated carbocycles. The van der Waals surface area contributed by atoms with Crippen molar-refractivity contribution in [1.82, 2.24) is 0 Å². The van der Waals surface area contributed by atoms with Crippen molar-refractivity contribution in [1.29, 1.82) is 0 Å². The lowest BCUT2D eigenvalue weighted by atomic mass is 10.1. The average molecular weight is 174 g/mol. The largest absolute Gasteiger partial charge is 0.416 e. The molecule has 0 aliphatic heterocycles. The van der Waals surface area contributed by atoms with Gasteiger partial charge in [0.2, 0.25) is 0 Å². The summed E-state index contributed by atoms with van der Waals surface area (Å²) in [5.74, 6) is 0. The molecule has 0 saturated heterocycles. The lowest BCUT2D eigenvalue weighted by Gasteiger charge is -2.10. The van der Waals surface area contributed by atoms with Crippen molar-refractivity contribution >= 4 is 5.69 Å². The third kappa shape index (κ3) is 1.52. The van der Waals surface area contributed by atoms with Crippen molar-refractivity contribution in [3.63, 3.8) is 0 Å². The minimum Gasteiger partial charge on any atom is -0.398 e. The minimum absolute atomic E-state index is 0.0600. The fourth-order valence-corrected chi connectivity index (χ4v) is 0.870. The maximum Gasteiger partial charge on any atom is 0.416 e. The van der Waals surface area contributed by atoms with E-state index in [0.717, 1.165) is 6.07 Å². The Bertz CT molecular complexity index is 291. The summed E-state index contributed by atoms with van der Waals surface area (Å²) < 4.78 is 36.4. The van der Waals surface area contributed by atoms with Crippen molar-refractivity contribution in [3.05, 3.63) is 36.2 Å². The van der Waals surface area contributed by atoms with Crippen molar-refractivity contribution < 1.29 is 13.2 Å². The molecule has 0 spiro atoms. The van der Waals surface area contributed by atoms with Gasteiger partial charge in [-0.15, -0.1) is 0 Å². The molecule has 0 heterocycles. The minimum atomic E-state index is -4.37. The summed E-state index contributed by atoms with van der Waals surface area (Å²) >= 11 is 0. The van der Waals surface area contributed by atoms with Crippen LogP contribution in [0.15, 0.2) is 18.2 Å². The second kappa shape index (κ2) is 2.69. The van der Waals surface area contributed by atoms with E-state index in [-0.39, 0.29) is 11.3 Å². The van der Waals surface area contributed by atoms with Gasteiger partial charge in [0.15, 0.2) is 0 Å². The molecule has 0 aliphatic rings. The van der Waals surface area contributed by atoms with Crippen molar-refractivity contribution in [2.45, 2.75) is 6.18 Å². The Hall–Kier alpha value is -1.19. The van der Waals surface area contributed by atoms with E-state index in [0.29, 0.717) is 0 Å². The molecule has 0 aliphatic carbocycles. The first-order valence-corrected chi connectivity index (χ1v) is 3.20. The third-order valence-electron chi connectivity index (χ3n) is 1.52. The van der Waals surface area contributed by atoms with Crippen LogP contribution in [0.25, 0.3) is 0 Å². The summed E-state index contributed by atoms with van der Waals surface area (Å²) in [6, 6.07) is 3.60. The van der Waals surface area contributed by atoms with Crippen LogP contribution in [0, 0.1) is 6.92 Å². The summed E-state index contributed by atoms with van der Waals surface area (Å²) in [5.41, 5.74) is 4.38. The Labute approximate surface area is 68.0 Å². The predicted octanol–water partition coefficient (Wildman–Crippen LogP) is 2.47. The second-order valence-electron chi connectivity index (χ2n) is 2.37. The van der Waals surface area contributed by atoms with Gasteiger partial charge in [-0.2, -0.15) is 13.2 Å². The molecule has 0 fully saturated rings. The van der Waals surface area contributed by atoms with Crippen LogP contribution < -0.4 is 5.73 Å². The Kier molecular flexibility index (Phi) is 2.00. The molecule has 1 rings (SSSR count). The van der Waals surface area contributed by atoms with Crippen LogP contribution >= 0.6 is 0 Å². The predicted molar refractivity (Wildman–Crippen MR) is 40.3 cm³/mol. The van der Waals surface area contributed by atoms with Crippen molar-refractivity contribution in [2.24, 2.45) is 0 Å². The molecular weight excluding hydrogens is 167 g/mol. The molecule has 1 radical (unpaired) electrons. The molecule has 0 bridgehead atoms. The number of anilines is 1. The maximum atomic E-state index is 12.1. The smallest absolute Gasteiger partial charge is 0.398 e. The Morgan fingerprint density at radius 3 is 2.25 bits per heavy atom. The fourth-order valence-electron chi connectivity index (χ4n) is 0.870. The topological polar surface area (TPSA) is 26.0 Å². The molecule has 2 N–H and O–H groups in total. The molecule has 1 aromatic carbocycles. The molecule has 1 nitrogen and oxygen atoms in total. The van der Waals surface area contributed by atoms with E-state index < -0.39 is 11.7 Å². The first kappa shape index (κ1) is 8.90. The fraction of sp³-hybridized carbons (Fsp3) is 0.125. The Balaban J connectivity index is 3.26. The number of halogens is 3. The van der Waals surface area contributed by atoms with E-state index >= 15 is 0 Å². The SMILES string of the molecule is [CH2]c1c(N)cccc1C(F)(F)F. The van der Waals surface area contributed by atoms with Crippen molar-refractivity contribution in [2.75, 3.05) is 5.73 Å². The van der Waals surface area contributed by atoms with Gasteiger partial charge in [-0.1, -0.05) is 6.07 Å². The second-order valence-corrected chi connectivity index (χ2v) is 2.37. The van der Waals surface area contributed by atoms with Gasteiger partial charge < -0.3 is 5.73 Å². The molecule has 1 aromatic rings. The number of hydrogen-bond donors (Lipinski definition) is 1. The van der Waals surface area contributed by atoms with E-state index in [1.807, 2.05) is 0 Å². The Morgan fingerprint density at radius 2 is 1.83 bits per heavy atom. The van der Waals surface area contributed by atoms with Gasteiger partial charge in [0.05, 0.1) is 5.56 Å². The Morgan fingerprint density at radius 1 is 1.25 bits per heavy atom. The zero-order valence-electron chi connectivity index (χ0n) is 6.15. The van der Waals surface area contributed by atoms with Gasteiger partial charge in [0.1, 0.15) is 0 Å². The average Bonchev–Trinajstić information content (AvgIpc) is 1.92. The first-order valence-electron chi connectivity index (χ1n) is 3.20. The van der Waals surface area contributed by atoms with Crippen molar-refractivity contribution in [3.8, 4) is 0 Å². The van der Waals surface area contributed by atoms with Crippen LogP contribution in [0.1, 0.15) is 11.1 Å². The van der Waals surface area contributed by atoms with Gasteiger partial charge in [0.25, 0.3) is 0 Å². The summed E-state index contributed by atoms with van der Waals surface area (Å²) in [7, 11) is 0. The van der Waals surface area contributed by atoms with Crippen LogP contribution in [0.5, 0.6) is 0 Å². The summed E-state index contributed by atoms with van der Waals surface area (Å²) in [6.45, 7) is 3.24. The monoisotopic (exact) mass is 174 g/mol. The number of alkyl halides is 3. The van der Waals surface area contributed by atoms with Gasteiger partial charge in [-0.3, -0.25) is 0 Å². The van der Waals surface area contributed by atoms with Crippen LogP contribution in [0.2, 0.25) is 0 Å². The van der Waals surface area contributed by atoms with Gasteiger partial charge >= 0.3 is 6.18 Å². The van der Waals surface area contributed by atoms with Crippen LogP contribution in [-0.2, 0) is 6.18 Å². The van der Waals surface area contributed by atoms with Gasteiger partial charge in [0, 0.05) is 5.69 Å². The molecule has 4 heteroatoms. The number of rotatable bonds is 0. The molecular formula is C8H7F3N. The van der Waals surface area contributed by atoms with E-state index in [1.165, 1.54) is 12.1 Å². The van der Waals surface area contributed by atoms with E-state index in [9.17, 15) is 13.2 Å². The maximum absolute atomic E-state index is 12.1. The molecule has 0 aromatic heterocycles. The summed E-state index contributed by atoms with van der Waals surface area (Å²) in [5, 5.41) is 0. The van der Waals surface area contributed by atoms with E-state index in [2.05, 4.69) is 6.92 Å². The molecule has 12 heavy (non-hydrogen) atoms.